The van der Waals surface area contributed by atoms with E-state index in [1.807, 2.05) is 20.0 Å². The van der Waals surface area contributed by atoms with Crippen molar-refractivity contribution in [3.63, 3.8) is 0 Å². The van der Waals surface area contributed by atoms with Crippen LogP contribution in [-0.4, -0.2) is 27.8 Å². The molecule has 1 aliphatic carbocycles. The van der Waals surface area contributed by atoms with E-state index in [1.165, 1.54) is 18.3 Å². The molecule has 0 aliphatic heterocycles. The maximum Gasteiger partial charge on any atom is 0.226 e. The summed E-state index contributed by atoms with van der Waals surface area (Å²) in [4.78, 5) is 22.0. The van der Waals surface area contributed by atoms with E-state index in [-0.39, 0.29) is 11.9 Å². The van der Waals surface area contributed by atoms with Gasteiger partial charge in [0.25, 0.3) is 0 Å². The Morgan fingerprint density at radius 1 is 1.56 bits per heavy atom. The Morgan fingerprint density at radius 2 is 2.39 bits per heavy atom. The number of hydrogen-bond acceptors (Lipinski definition) is 3. The van der Waals surface area contributed by atoms with Crippen molar-refractivity contribution >= 4 is 5.91 Å². The predicted octanol–water partition coefficient (Wildman–Crippen LogP) is 2.50. The summed E-state index contributed by atoms with van der Waals surface area (Å²) in [6.07, 6.45) is 9.34. The molecule has 96 valence electrons. The highest BCUT2D eigenvalue weighted by Crippen LogP contribution is 2.23. The van der Waals surface area contributed by atoms with Gasteiger partial charge in [-0.05, 0) is 32.3 Å². The van der Waals surface area contributed by atoms with Crippen LogP contribution in [0.4, 0.5) is 0 Å². The van der Waals surface area contributed by atoms with Crippen molar-refractivity contribution in [1.29, 1.82) is 0 Å². The average molecular weight is 245 g/mol. The minimum absolute atomic E-state index is 0.0116. The summed E-state index contributed by atoms with van der Waals surface area (Å²) >= 11 is 0. The lowest BCUT2D eigenvalue weighted by molar-refractivity contribution is -0.131. The van der Waals surface area contributed by atoms with Gasteiger partial charge in [-0.1, -0.05) is 11.6 Å². The minimum Gasteiger partial charge on any atom is -0.337 e. The Morgan fingerprint density at radius 3 is 3.00 bits per heavy atom. The number of amides is 1. The molecule has 4 nitrogen and oxygen atoms in total. The van der Waals surface area contributed by atoms with Gasteiger partial charge in [0.2, 0.25) is 5.91 Å². The molecule has 1 aromatic heterocycles. The zero-order valence-electron chi connectivity index (χ0n) is 11.0. The normalized spacial score (nSPS) is 16.2. The molecule has 0 bridgehead atoms. The monoisotopic (exact) mass is 245 g/mol. The second kappa shape index (κ2) is 5.76. The molecular weight excluding hydrogens is 226 g/mol. The smallest absolute Gasteiger partial charge is 0.226 e. The highest BCUT2D eigenvalue weighted by Gasteiger charge is 2.19. The van der Waals surface area contributed by atoms with Crippen LogP contribution in [-0.2, 0) is 4.79 Å². The highest BCUT2D eigenvalue weighted by molar-refractivity contribution is 5.79. The molecule has 2 rings (SSSR count). The Balaban J connectivity index is 1.97. The van der Waals surface area contributed by atoms with Crippen LogP contribution in [0.15, 0.2) is 30.2 Å². The lowest BCUT2D eigenvalue weighted by atomic mass is 10.1. The summed E-state index contributed by atoms with van der Waals surface area (Å²) in [6, 6.07) is 1.84. The lowest BCUT2D eigenvalue weighted by Crippen LogP contribution is -2.30. The lowest BCUT2D eigenvalue weighted by Gasteiger charge is -2.24. The number of hydrogen-bond donors (Lipinski definition) is 0. The third-order valence-corrected chi connectivity index (χ3v) is 3.52. The van der Waals surface area contributed by atoms with Gasteiger partial charge in [-0.2, -0.15) is 0 Å². The summed E-state index contributed by atoms with van der Waals surface area (Å²) in [5.41, 5.74) is 2.16. The standard InChI is InChI=1S/C14H19N3O/c1-11(13-7-8-15-10-16-13)17(2)14(18)9-12-5-3-4-6-12/h5,7-8,10-11H,3-4,6,9H2,1-2H3. The Kier molecular flexibility index (Phi) is 4.07. The molecule has 0 saturated carbocycles. The van der Waals surface area contributed by atoms with Crippen molar-refractivity contribution in [1.82, 2.24) is 14.9 Å². The van der Waals surface area contributed by atoms with Gasteiger partial charge in [0.05, 0.1) is 11.7 Å². The largest absolute Gasteiger partial charge is 0.337 e. The van der Waals surface area contributed by atoms with Crippen molar-refractivity contribution < 1.29 is 4.79 Å². The molecule has 18 heavy (non-hydrogen) atoms. The van der Waals surface area contributed by atoms with Crippen LogP contribution in [0, 0.1) is 0 Å². The molecule has 0 fully saturated rings. The zero-order valence-corrected chi connectivity index (χ0v) is 11.0. The average Bonchev–Trinajstić information content (AvgIpc) is 2.91. The summed E-state index contributed by atoms with van der Waals surface area (Å²) in [7, 11) is 1.84. The van der Waals surface area contributed by atoms with Gasteiger partial charge in [-0.15, -0.1) is 0 Å². The fraction of sp³-hybridized carbons (Fsp3) is 0.500. The van der Waals surface area contributed by atoms with Crippen molar-refractivity contribution in [2.45, 2.75) is 38.6 Å². The first-order valence-electron chi connectivity index (χ1n) is 6.38. The van der Waals surface area contributed by atoms with E-state index in [0.717, 1.165) is 18.5 Å². The molecule has 1 heterocycles. The number of carbonyl (C=O) groups excluding carboxylic acids is 1. The van der Waals surface area contributed by atoms with Gasteiger partial charge in [0.15, 0.2) is 0 Å². The predicted molar refractivity (Wildman–Crippen MR) is 69.8 cm³/mol. The first kappa shape index (κ1) is 12.7. The topological polar surface area (TPSA) is 46.1 Å². The molecular formula is C14H19N3O. The maximum atomic E-state index is 12.2. The molecule has 0 saturated heterocycles. The Bertz CT molecular complexity index is 442. The molecule has 1 amide bonds. The molecule has 4 heteroatoms. The van der Waals surface area contributed by atoms with E-state index in [9.17, 15) is 4.79 Å². The van der Waals surface area contributed by atoms with Crippen molar-refractivity contribution in [3.8, 4) is 0 Å². The van der Waals surface area contributed by atoms with E-state index in [4.69, 9.17) is 0 Å². The fourth-order valence-electron chi connectivity index (χ4n) is 2.18. The van der Waals surface area contributed by atoms with Gasteiger partial charge >= 0.3 is 0 Å². The van der Waals surface area contributed by atoms with Gasteiger partial charge in [0.1, 0.15) is 6.33 Å². The van der Waals surface area contributed by atoms with Crippen LogP contribution in [0.25, 0.3) is 0 Å². The molecule has 0 radical (unpaired) electrons. The molecule has 1 aromatic rings. The Labute approximate surface area is 108 Å². The van der Waals surface area contributed by atoms with E-state index in [2.05, 4.69) is 16.0 Å². The quantitative estimate of drug-likeness (QED) is 0.766. The summed E-state index contributed by atoms with van der Waals surface area (Å²) in [5, 5.41) is 0. The van der Waals surface area contributed by atoms with E-state index >= 15 is 0 Å². The highest BCUT2D eigenvalue weighted by atomic mass is 16.2. The van der Waals surface area contributed by atoms with Crippen LogP contribution < -0.4 is 0 Å². The van der Waals surface area contributed by atoms with Crippen LogP contribution in [0.1, 0.15) is 44.3 Å². The Hall–Kier alpha value is -1.71. The van der Waals surface area contributed by atoms with E-state index in [1.54, 1.807) is 11.1 Å². The molecule has 1 atom stereocenters. The number of aromatic nitrogens is 2. The van der Waals surface area contributed by atoms with Crippen LogP contribution in [0.3, 0.4) is 0 Å². The third kappa shape index (κ3) is 2.94. The van der Waals surface area contributed by atoms with Gasteiger partial charge in [-0.3, -0.25) is 4.79 Å². The molecule has 1 aliphatic rings. The number of allylic oxidation sites excluding steroid dienone is 1. The molecule has 0 N–H and O–H groups in total. The van der Waals surface area contributed by atoms with Crippen molar-refractivity contribution in [2.24, 2.45) is 0 Å². The van der Waals surface area contributed by atoms with E-state index < -0.39 is 0 Å². The first-order valence-corrected chi connectivity index (χ1v) is 6.38. The van der Waals surface area contributed by atoms with Crippen LogP contribution in [0.2, 0.25) is 0 Å². The van der Waals surface area contributed by atoms with Crippen LogP contribution >= 0.6 is 0 Å². The summed E-state index contributed by atoms with van der Waals surface area (Å²) in [6.45, 7) is 1.99. The summed E-state index contributed by atoms with van der Waals surface area (Å²) in [5.74, 6) is 0.161. The zero-order chi connectivity index (χ0) is 13.0. The molecule has 0 aromatic carbocycles. The SMILES string of the molecule is CC(c1ccncn1)N(C)C(=O)CC1=CCCC1. The number of rotatable bonds is 4. The van der Waals surface area contributed by atoms with Gasteiger partial charge < -0.3 is 4.90 Å². The van der Waals surface area contributed by atoms with Crippen molar-refractivity contribution in [2.75, 3.05) is 7.05 Å². The minimum atomic E-state index is -0.0116. The van der Waals surface area contributed by atoms with E-state index in [0.29, 0.717) is 6.42 Å². The second-order valence-electron chi connectivity index (χ2n) is 4.75. The third-order valence-electron chi connectivity index (χ3n) is 3.52. The fourth-order valence-corrected chi connectivity index (χ4v) is 2.18. The van der Waals surface area contributed by atoms with Crippen LogP contribution in [0.5, 0.6) is 0 Å². The number of nitrogens with zero attached hydrogens (tertiary/aromatic N) is 3. The summed E-state index contributed by atoms with van der Waals surface area (Å²) < 4.78 is 0. The van der Waals surface area contributed by atoms with Crippen molar-refractivity contribution in [3.05, 3.63) is 35.9 Å². The maximum absolute atomic E-state index is 12.2. The molecule has 0 spiro atoms. The second-order valence-corrected chi connectivity index (χ2v) is 4.75. The van der Waals surface area contributed by atoms with Gasteiger partial charge in [0, 0.05) is 19.7 Å². The van der Waals surface area contributed by atoms with Gasteiger partial charge in [-0.25, -0.2) is 9.97 Å². The molecule has 1 unspecified atom stereocenters. The number of carbonyl (C=O) groups is 1. The first-order chi connectivity index (χ1) is 8.68.